The average Bonchev–Trinajstić information content (AvgIpc) is 2.82. The molecule has 2 amide bonds. The second kappa shape index (κ2) is 10.9. The number of hydrogen-bond donors (Lipinski definition) is 2. The van der Waals surface area contributed by atoms with Crippen LogP contribution in [-0.2, 0) is 4.79 Å². The summed E-state index contributed by atoms with van der Waals surface area (Å²) in [5, 5.41) is 7.06. The third-order valence-corrected chi connectivity index (χ3v) is 4.92. The number of carbonyl (C=O) groups is 2. The molecule has 158 valence electrons. The van der Waals surface area contributed by atoms with E-state index in [-0.39, 0.29) is 11.8 Å². The van der Waals surface area contributed by atoms with E-state index in [0.717, 1.165) is 29.5 Å². The molecule has 0 heterocycles. The molecule has 0 aliphatic heterocycles. The van der Waals surface area contributed by atoms with Gasteiger partial charge in [0, 0.05) is 17.7 Å². The molecule has 5 nitrogen and oxygen atoms in total. The molecule has 2 N–H and O–H groups in total. The first-order chi connectivity index (χ1) is 15.1. The van der Waals surface area contributed by atoms with E-state index in [1.165, 1.54) is 0 Å². The zero-order chi connectivity index (χ0) is 22.1. The maximum atomic E-state index is 12.4. The number of unbranched alkanes of at least 4 members (excludes halogenated alkanes) is 1. The quantitative estimate of drug-likeness (QED) is 0.371. The third-order valence-electron chi connectivity index (χ3n) is 4.92. The van der Waals surface area contributed by atoms with Crippen LogP contribution in [0.25, 0.3) is 11.1 Å². The summed E-state index contributed by atoms with van der Waals surface area (Å²) in [6, 6.07) is 25.0. The van der Waals surface area contributed by atoms with Gasteiger partial charge in [0.2, 0.25) is 5.91 Å². The topological polar surface area (TPSA) is 70.6 Å². The van der Waals surface area contributed by atoms with E-state index >= 15 is 0 Å². The maximum absolute atomic E-state index is 12.4. The van der Waals surface area contributed by atoms with Gasteiger partial charge in [-0.3, -0.25) is 9.59 Å². The minimum Gasteiger partial charge on any atom is -0.326 e. The van der Waals surface area contributed by atoms with Crippen molar-refractivity contribution in [1.29, 1.82) is 0 Å². The Kier molecular flexibility index (Phi) is 7.71. The van der Waals surface area contributed by atoms with Crippen molar-refractivity contribution in [2.24, 2.45) is 5.10 Å². The number of hydrazone groups is 1. The summed E-state index contributed by atoms with van der Waals surface area (Å²) in [6.45, 7) is 3.90. The van der Waals surface area contributed by atoms with Gasteiger partial charge in [0.15, 0.2) is 0 Å². The van der Waals surface area contributed by atoms with Gasteiger partial charge in [-0.15, -0.1) is 0 Å². The zero-order valence-electron chi connectivity index (χ0n) is 17.9. The molecule has 0 atom stereocenters. The van der Waals surface area contributed by atoms with Crippen molar-refractivity contribution in [1.82, 2.24) is 5.43 Å². The Morgan fingerprint density at radius 3 is 2.06 bits per heavy atom. The Morgan fingerprint density at radius 2 is 1.42 bits per heavy atom. The molecule has 0 saturated carbocycles. The van der Waals surface area contributed by atoms with E-state index in [4.69, 9.17) is 0 Å². The minimum atomic E-state index is -0.302. The van der Waals surface area contributed by atoms with Crippen molar-refractivity contribution in [3.8, 4) is 11.1 Å². The average molecular weight is 414 g/mol. The van der Waals surface area contributed by atoms with E-state index in [9.17, 15) is 9.59 Å². The first-order valence-corrected chi connectivity index (χ1v) is 10.5. The molecule has 31 heavy (non-hydrogen) atoms. The molecule has 0 bridgehead atoms. The summed E-state index contributed by atoms with van der Waals surface area (Å²) in [5.41, 5.74) is 7.68. The van der Waals surface area contributed by atoms with Crippen molar-refractivity contribution >= 4 is 23.2 Å². The maximum Gasteiger partial charge on any atom is 0.271 e. The highest BCUT2D eigenvalue weighted by atomic mass is 16.2. The molecule has 5 heteroatoms. The summed E-state index contributed by atoms with van der Waals surface area (Å²) in [5.74, 6) is -0.318. The van der Waals surface area contributed by atoms with Crippen LogP contribution in [0.2, 0.25) is 0 Å². The lowest BCUT2D eigenvalue weighted by atomic mass is 10.0. The molecule has 0 aliphatic carbocycles. The van der Waals surface area contributed by atoms with Crippen LogP contribution in [0.3, 0.4) is 0 Å². The molecule has 0 aromatic heterocycles. The molecule has 3 aromatic carbocycles. The van der Waals surface area contributed by atoms with E-state index in [1.54, 1.807) is 24.3 Å². The van der Waals surface area contributed by atoms with E-state index in [0.29, 0.717) is 23.4 Å². The zero-order valence-corrected chi connectivity index (χ0v) is 17.9. The van der Waals surface area contributed by atoms with Gasteiger partial charge in [-0.25, -0.2) is 5.43 Å². The van der Waals surface area contributed by atoms with E-state index in [1.807, 2.05) is 56.3 Å². The largest absolute Gasteiger partial charge is 0.326 e. The van der Waals surface area contributed by atoms with Crippen molar-refractivity contribution in [2.75, 3.05) is 5.32 Å². The van der Waals surface area contributed by atoms with Crippen molar-refractivity contribution in [3.05, 3.63) is 90.0 Å². The predicted octanol–water partition coefficient (Wildman–Crippen LogP) is 5.64. The number of carbonyl (C=O) groups excluding carboxylic acids is 2. The molecular formula is C26H27N3O2. The van der Waals surface area contributed by atoms with Gasteiger partial charge in [-0.2, -0.15) is 5.10 Å². The number of hydrogen-bond acceptors (Lipinski definition) is 3. The van der Waals surface area contributed by atoms with Crippen LogP contribution in [0.4, 0.5) is 5.69 Å². The predicted molar refractivity (Wildman–Crippen MR) is 126 cm³/mol. The number of benzene rings is 3. The first-order valence-electron chi connectivity index (χ1n) is 10.5. The molecular weight excluding hydrogens is 386 g/mol. The minimum absolute atomic E-state index is 0.0161. The van der Waals surface area contributed by atoms with Gasteiger partial charge in [0.05, 0.1) is 5.71 Å². The van der Waals surface area contributed by atoms with Crippen LogP contribution < -0.4 is 10.7 Å². The van der Waals surface area contributed by atoms with Crippen LogP contribution in [0.5, 0.6) is 0 Å². The summed E-state index contributed by atoms with van der Waals surface area (Å²) < 4.78 is 0. The molecule has 0 spiro atoms. The Hall–Kier alpha value is -3.73. The number of anilines is 1. The Labute approximate surface area is 183 Å². The Balaban J connectivity index is 1.58. The highest BCUT2D eigenvalue weighted by Crippen LogP contribution is 2.19. The van der Waals surface area contributed by atoms with Crippen LogP contribution in [0.1, 0.15) is 49.0 Å². The fourth-order valence-corrected chi connectivity index (χ4v) is 3.06. The van der Waals surface area contributed by atoms with E-state index < -0.39 is 0 Å². The standard InChI is InChI=1S/C26H27N3O2/c1-3-4-10-25(30)27-24-17-15-23(16-18-24)26(31)29-28-19(2)20-11-13-22(14-12-20)21-8-6-5-7-9-21/h5-9,11-18H,3-4,10H2,1-2H3,(H,27,30)(H,29,31). The van der Waals surface area contributed by atoms with Crippen LogP contribution in [-0.4, -0.2) is 17.5 Å². The number of nitrogens with zero attached hydrogens (tertiary/aromatic N) is 1. The lowest BCUT2D eigenvalue weighted by Crippen LogP contribution is -2.19. The lowest BCUT2D eigenvalue weighted by Gasteiger charge is -2.07. The molecule has 0 radical (unpaired) electrons. The van der Waals surface area contributed by atoms with Gasteiger partial charge >= 0.3 is 0 Å². The van der Waals surface area contributed by atoms with E-state index in [2.05, 4.69) is 28.0 Å². The second-order valence-corrected chi connectivity index (χ2v) is 7.31. The Morgan fingerprint density at radius 1 is 0.806 bits per heavy atom. The van der Waals surface area contributed by atoms with Crippen molar-refractivity contribution < 1.29 is 9.59 Å². The number of nitrogens with one attached hydrogen (secondary N) is 2. The molecule has 3 aromatic rings. The fraction of sp³-hybridized carbons (Fsp3) is 0.192. The summed E-state index contributed by atoms with van der Waals surface area (Å²) >= 11 is 0. The Bertz CT molecular complexity index is 1040. The molecule has 0 fully saturated rings. The highest BCUT2D eigenvalue weighted by molar-refractivity contribution is 6.01. The van der Waals surface area contributed by atoms with Crippen LogP contribution in [0, 0.1) is 0 Å². The molecule has 3 rings (SSSR count). The summed E-state index contributed by atoms with van der Waals surface area (Å²) in [6.07, 6.45) is 2.33. The van der Waals surface area contributed by atoms with Crippen LogP contribution >= 0.6 is 0 Å². The summed E-state index contributed by atoms with van der Waals surface area (Å²) in [4.78, 5) is 24.2. The normalized spacial score (nSPS) is 11.1. The second-order valence-electron chi connectivity index (χ2n) is 7.31. The monoisotopic (exact) mass is 413 g/mol. The number of rotatable bonds is 8. The van der Waals surface area contributed by atoms with Gasteiger partial charge in [-0.05, 0) is 54.3 Å². The van der Waals surface area contributed by atoms with Gasteiger partial charge in [0.25, 0.3) is 5.91 Å². The van der Waals surface area contributed by atoms with Crippen LogP contribution in [0.15, 0.2) is 84.0 Å². The lowest BCUT2D eigenvalue weighted by molar-refractivity contribution is -0.116. The van der Waals surface area contributed by atoms with Crippen molar-refractivity contribution in [3.63, 3.8) is 0 Å². The fourth-order valence-electron chi connectivity index (χ4n) is 3.06. The SMILES string of the molecule is CCCCC(=O)Nc1ccc(C(=O)NN=C(C)c2ccc(-c3ccccc3)cc2)cc1. The smallest absolute Gasteiger partial charge is 0.271 e. The molecule has 0 saturated heterocycles. The molecule has 0 aliphatic rings. The van der Waals surface area contributed by atoms with Crippen molar-refractivity contribution in [2.45, 2.75) is 33.1 Å². The van der Waals surface area contributed by atoms with Gasteiger partial charge in [-0.1, -0.05) is 67.9 Å². The summed E-state index contributed by atoms with van der Waals surface area (Å²) in [7, 11) is 0. The number of amides is 2. The third kappa shape index (κ3) is 6.37. The first kappa shape index (κ1) is 22.0. The van der Waals surface area contributed by atoms with Gasteiger partial charge < -0.3 is 5.32 Å². The van der Waals surface area contributed by atoms with Gasteiger partial charge in [0.1, 0.15) is 0 Å². The molecule has 0 unspecified atom stereocenters. The highest BCUT2D eigenvalue weighted by Gasteiger charge is 2.07.